The van der Waals surface area contributed by atoms with Crippen LogP contribution in [0.3, 0.4) is 0 Å². The number of ketones is 1. The SMILES string of the molecule is CC(=O)c1ccc2c(c1)Oc1cnnc(Cl)c1N2CCCN(C)C. The minimum Gasteiger partial charge on any atom is -0.451 e. The molecular weight excluding hydrogens is 328 g/mol. The molecule has 0 saturated heterocycles. The van der Waals surface area contributed by atoms with Gasteiger partial charge in [0.15, 0.2) is 22.4 Å². The molecule has 7 heteroatoms. The number of carbonyl (C=O) groups is 1. The second kappa shape index (κ2) is 6.75. The van der Waals surface area contributed by atoms with Crippen LogP contribution in [-0.4, -0.2) is 48.1 Å². The fraction of sp³-hybridized carbons (Fsp3) is 0.353. The van der Waals surface area contributed by atoms with E-state index in [-0.39, 0.29) is 5.78 Å². The third kappa shape index (κ3) is 3.20. The van der Waals surface area contributed by atoms with Gasteiger partial charge in [-0.2, -0.15) is 5.10 Å². The Labute approximate surface area is 146 Å². The van der Waals surface area contributed by atoms with E-state index in [1.807, 2.05) is 20.2 Å². The molecule has 1 aromatic heterocycles. The summed E-state index contributed by atoms with van der Waals surface area (Å²) in [6.07, 6.45) is 2.49. The first-order chi connectivity index (χ1) is 11.5. The van der Waals surface area contributed by atoms with Gasteiger partial charge < -0.3 is 14.5 Å². The van der Waals surface area contributed by atoms with Gasteiger partial charge in [-0.3, -0.25) is 4.79 Å². The van der Waals surface area contributed by atoms with Gasteiger partial charge in [-0.15, -0.1) is 5.10 Å². The van der Waals surface area contributed by atoms with Crippen LogP contribution in [0.25, 0.3) is 0 Å². The van der Waals surface area contributed by atoms with Gasteiger partial charge in [0.05, 0.1) is 11.9 Å². The number of benzene rings is 1. The van der Waals surface area contributed by atoms with Crippen molar-refractivity contribution in [2.75, 3.05) is 32.1 Å². The largest absolute Gasteiger partial charge is 0.451 e. The molecule has 3 rings (SSSR count). The fourth-order valence-electron chi connectivity index (χ4n) is 2.72. The summed E-state index contributed by atoms with van der Waals surface area (Å²) in [5.74, 6) is 1.18. The van der Waals surface area contributed by atoms with Gasteiger partial charge in [0, 0.05) is 12.1 Å². The van der Waals surface area contributed by atoms with E-state index in [4.69, 9.17) is 16.3 Å². The third-order valence-electron chi connectivity index (χ3n) is 3.88. The predicted molar refractivity (Wildman–Crippen MR) is 93.7 cm³/mol. The van der Waals surface area contributed by atoms with Gasteiger partial charge in [-0.25, -0.2) is 0 Å². The van der Waals surface area contributed by atoms with Crippen LogP contribution in [0.5, 0.6) is 11.5 Å². The molecule has 24 heavy (non-hydrogen) atoms. The summed E-state index contributed by atoms with van der Waals surface area (Å²) < 4.78 is 5.92. The molecule has 0 N–H and O–H groups in total. The summed E-state index contributed by atoms with van der Waals surface area (Å²) in [5.41, 5.74) is 2.20. The van der Waals surface area contributed by atoms with Gasteiger partial charge in [0.25, 0.3) is 0 Å². The highest BCUT2D eigenvalue weighted by Gasteiger charge is 2.28. The molecule has 2 aromatic rings. The second-order valence-electron chi connectivity index (χ2n) is 6.00. The Morgan fingerprint density at radius 2 is 2.12 bits per heavy atom. The minimum absolute atomic E-state index is 0.00256. The molecular formula is C17H19ClN4O2. The standard InChI is InChI=1S/C17H19ClN4O2/c1-11(23)12-5-6-13-14(9-12)24-15-10-19-20-17(18)16(15)22(13)8-4-7-21(2)3/h5-6,9-10H,4,7-8H2,1-3H3. The molecule has 0 amide bonds. The molecule has 2 heterocycles. The number of fused-ring (bicyclic) bond motifs is 2. The summed E-state index contributed by atoms with van der Waals surface area (Å²) >= 11 is 6.27. The van der Waals surface area contributed by atoms with Crippen LogP contribution >= 0.6 is 11.6 Å². The highest BCUT2D eigenvalue weighted by atomic mass is 35.5. The van der Waals surface area contributed by atoms with Crippen molar-refractivity contribution in [3.8, 4) is 11.5 Å². The average Bonchev–Trinajstić information content (AvgIpc) is 2.53. The maximum absolute atomic E-state index is 11.6. The van der Waals surface area contributed by atoms with Crippen molar-refractivity contribution in [2.24, 2.45) is 0 Å². The van der Waals surface area contributed by atoms with E-state index in [0.29, 0.717) is 27.9 Å². The summed E-state index contributed by atoms with van der Waals surface area (Å²) in [4.78, 5) is 15.9. The number of anilines is 2. The van der Waals surface area contributed by atoms with Crippen LogP contribution in [0.2, 0.25) is 5.15 Å². The van der Waals surface area contributed by atoms with E-state index >= 15 is 0 Å². The second-order valence-corrected chi connectivity index (χ2v) is 6.36. The van der Waals surface area contributed by atoms with Crippen LogP contribution in [0.4, 0.5) is 11.4 Å². The molecule has 0 saturated carbocycles. The van der Waals surface area contributed by atoms with Crippen LogP contribution in [0, 0.1) is 0 Å². The molecule has 0 spiro atoms. The Bertz CT molecular complexity index is 779. The normalized spacial score (nSPS) is 12.6. The number of ether oxygens (including phenoxy) is 1. The van der Waals surface area contributed by atoms with Gasteiger partial charge in [-0.1, -0.05) is 11.6 Å². The first-order valence-electron chi connectivity index (χ1n) is 7.73. The summed E-state index contributed by atoms with van der Waals surface area (Å²) in [7, 11) is 4.08. The van der Waals surface area contributed by atoms with Gasteiger partial charge in [0.1, 0.15) is 5.69 Å². The number of hydrogen-bond donors (Lipinski definition) is 0. The van der Waals surface area contributed by atoms with Crippen molar-refractivity contribution in [1.82, 2.24) is 15.1 Å². The van der Waals surface area contributed by atoms with E-state index in [0.717, 1.165) is 25.2 Å². The van der Waals surface area contributed by atoms with E-state index < -0.39 is 0 Å². The van der Waals surface area contributed by atoms with E-state index in [1.165, 1.54) is 6.92 Å². The lowest BCUT2D eigenvalue weighted by Gasteiger charge is -2.33. The Morgan fingerprint density at radius 3 is 2.83 bits per heavy atom. The molecule has 1 aromatic carbocycles. The number of carbonyl (C=O) groups excluding carboxylic acids is 1. The maximum Gasteiger partial charge on any atom is 0.179 e. The quantitative estimate of drug-likeness (QED) is 0.772. The molecule has 0 bridgehead atoms. The highest BCUT2D eigenvalue weighted by molar-refractivity contribution is 6.32. The fourth-order valence-corrected chi connectivity index (χ4v) is 2.95. The molecule has 0 fully saturated rings. The van der Waals surface area contributed by atoms with Crippen LogP contribution in [-0.2, 0) is 0 Å². The first kappa shape index (κ1) is 16.7. The molecule has 0 aliphatic carbocycles. The van der Waals surface area contributed by atoms with E-state index in [1.54, 1.807) is 18.3 Å². The number of Topliss-reactive ketones (excluding diaryl/α,β-unsaturated/α-hetero) is 1. The number of nitrogens with zero attached hydrogens (tertiary/aromatic N) is 4. The highest BCUT2D eigenvalue weighted by Crippen LogP contribution is 2.48. The molecule has 1 aliphatic rings. The maximum atomic E-state index is 11.6. The minimum atomic E-state index is -0.00256. The molecule has 1 aliphatic heterocycles. The Balaban J connectivity index is 2.01. The third-order valence-corrected chi connectivity index (χ3v) is 4.14. The molecule has 126 valence electrons. The average molecular weight is 347 g/mol. The zero-order chi connectivity index (χ0) is 17.3. The van der Waals surface area contributed by atoms with E-state index in [9.17, 15) is 4.79 Å². The Kier molecular flexibility index (Phi) is 4.69. The number of aromatic nitrogens is 2. The predicted octanol–water partition coefficient (Wildman–Crippen LogP) is 3.53. The van der Waals surface area contributed by atoms with Crippen molar-refractivity contribution in [1.29, 1.82) is 0 Å². The van der Waals surface area contributed by atoms with Crippen molar-refractivity contribution >= 4 is 28.8 Å². The zero-order valence-electron chi connectivity index (χ0n) is 13.9. The van der Waals surface area contributed by atoms with Gasteiger partial charge in [0.2, 0.25) is 0 Å². The number of halogens is 1. The van der Waals surface area contributed by atoms with Crippen LogP contribution < -0.4 is 9.64 Å². The van der Waals surface area contributed by atoms with Crippen molar-refractivity contribution in [2.45, 2.75) is 13.3 Å². The molecule has 0 unspecified atom stereocenters. The van der Waals surface area contributed by atoms with Crippen LogP contribution in [0.15, 0.2) is 24.4 Å². The van der Waals surface area contributed by atoms with Crippen molar-refractivity contribution < 1.29 is 9.53 Å². The van der Waals surface area contributed by atoms with E-state index in [2.05, 4.69) is 20.0 Å². The van der Waals surface area contributed by atoms with Crippen molar-refractivity contribution in [3.05, 3.63) is 35.1 Å². The number of hydrogen-bond acceptors (Lipinski definition) is 6. The van der Waals surface area contributed by atoms with Crippen LogP contribution in [0.1, 0.15) is 23.7 Å². The lowest BCUT2D eigenvalue weighted by Crippen LogP contribution is -2.26. The van der Waals surface area contributed by atoms with Crippen molar-refractivity contribution in [3.63, 3.8) is 0 Å². The molecule has 0 radical (unpaired) electrons. The smallest absolute Gasteiger partial charge is 0.179 e. The summed E-state index contributed by atoms with van der Waals surface area (Å²) in [6, 6.07) is 5.45. The van der Waals surface area contributed by atoms with Gasteiger partial charge >= 0.3 is 0 Å². The molecule has 6 nitrogen and oxygen atoms in total. The van der Waals surface area contributed by atoms with Gasteiger partial charge in [-0.05, 0) is 52.2 Å². The Morgan fingerprint density at radius 1 is 1.33 bits per heavy atom. The molecule has 0 atom stereocenters. The monoisotopic (exact) mass is 346 g/mol. The zero-order valence-corrected chi connectivity index (χ0v) is 14.7. The Hall–Kier alpha value is -2.18. The first-order valence-corrected chi connectivity index (χ1v) is 8.11. The lowest BCUT2D eigenvalue weighted by molar-refractivity contribution is 0.101. The topological polar surface area (TPSA) is 58.6 Å². The number of rotatable bonds is 5. The lowest BCUT2D eigenvalue weighted by atomic mass is 10.1. The summed E-state index contributed by atoms with van der Waals surface area (Å²) in [6.45, 7) is 3.24. The summed E-state index contributed by atoms with van der Waals surface area (Å²) in [5, 5.41) is 8.10.